The second-order valence-electron chi connectivity index (χ2n) is 7.90. The van der Waals surface area contributed by atoms with Crippen LogP contribution >= 0.6 is 12.2 Å². The highest BCUT2D eigenvalue weighted by atomic mass is 32.1. The average molecular weight is 450 g/mol. The van der Waals surface area contributed by atoms with Crippen LogP contribution in [0.15, 0.2) is 24.3 Å². The summed E-state index contributed by atoms with van der Waals surface area (Å²) in [6.45, 7) is 8.91. The molecule has 0 saturated carbocycles. The minimum atomic E-state index is -0.826. The molecule has 2 N–H and O–H groups in total. The van der Waals surface area contributed by atoms with E-state index in [-0.39, 0.29) is 36.1 Å². The molecule has 2 atom stereocenters. The molecule has 8 nitrogen and oxygen atoms in total. The quantitative estimate of drug-likeness (QED) is 0.464. The van der Waals surface area contributed by atoms with Gasteiger partial charge in [0.2, 0.25) is 5.91 Å². The highest BCUT2D eigenvalue weighted by molar-refractivity contribution is 7.80. The molecule has 1 aromatic carbocycles. The lowest BCUT2D eigenvalue weighted by Crippen LogP contribution is -2.60. The van der Waals surface area contributed by atoms with Gasteiger partial charge in [-0.25, -0.2) is 0 Å². The molecule has 0 radical (unpaired) electrons. The molecule has 170 valence electrons. The van der Waals surface area contributed by atoms with Crippen LogP contribution in [0, 0.1) is 5.92 Å². The molecule has 1 heterocycles. The number of carbonyl (C=O) groups is 3. The van der Waals surface area contributed by atoms with Crippen molar-refractivity contribution >= 4 is 35.1 Å². The summed E-state index contributed by atoms with van der Waals surface area (Å²) >= 11 is 5.37. The number of piperazine rings is 1. The molecule has 0 spiro atoms. The molecule has 0 aliphatic carbocycles. The fourth-order valence-corrected chi connectivity index (χ4v) is 3.19. The third kappa shape index (κ3) is 7.50. The summed E-state index contributed by atoms with van der Waals surface area (Å²) in [5, 5.41) is 5.48. The molecule has 1 fully saturated rings. The zero-order valence-corrected chi connectivity index (χ0v) is 19.3. The first-order chi connectivity index (χ1) is 14.7. The van der Waals surface area contributed by atoms with Gasteiger partial charge >= 0.3 is 5.97 Å². The molecule has 1 saturated heterocycles. The topological polar surface area (TPSA) is 97.0 Å². The van der Waals surface area contributed by atoms with E-state index in [0.717, 1.165) is 6.42 Å². The van der Waals surface area contributed by atoms with E-state index in [1.165, 1.54) is 0 Å². The minimum absolute atomic E-state index is 0.0849. The van der Waals surface area contributed by atoms with E-state index in [1.807, 2.05) is 27.7 Å². The van der Waals surface area contributed by atoms with E-state index < -0.39 is 17.9 Å². The van der Waals surface area contributed by atoms with Crippen LogP contribution in [0.25, 0.3) is 0 Å². The standard InChI is InChI=1S/C22H31N3O5S/c1-5-15(4)30-17-8-6-16(7-9-17)20(27)24-22(31)25-11-10-23-21(28)18(25)12-19(26)29-13-14(2)3/h6-9,14-15,18H,5,10-13H2,1-4H3,(H,23,28)(H,24,27,31). The first kappa shape index (κ1) is 24.6. The Bertz CT molecular complexity index is 797. The van der Waals surface area contributed by atoms with E-state index in [9.17, 15) is 14.4 Å². The number of nitrogens with zero attached hydrogens (tertiary/aromatic N) is 1. The van der Waals surface area contributed by atoms with E-state index >= 15 is 0 Å². The highest BCUT2D eigenvalue weighted by Gasteiger charge is 2.34. The van der Waals surface area contributed by atoms with Gasteiger partial charge < -0.3 is 19.7 Å². The van der Waals surface area contributed by atoms with Crippen molar-refractivity contribution in [3.05, 3.63) is 29.8 Å². The minimum Gasteiger partial charge on any atom is -0.491 e. The maximum atomic E-state index is 12.6. The van der Waals surface area contributed by atoms with Gasteiger partial charge in [-0.1, -0.05) is 20.8 Å². The number of carbonyl (C=O) groups excluding carboxylic acids is 3. The lowest BCUT2D eigenvalue weighted by atomic mass is 10.1. The third-order valence-corrected chi connectivity index (χ3v) is 5.12. The Labute approximate surface area is 188 Å². The van der Waals surface area contributed by atoms with Crippen LogP contribution in [-0.2, 0) is 14.3 Å². The summed E-state index contributed by atoms with van der Waals surface area (Å²) in [7, 11) is 0. The molecule has 9 heteroatoms. The summed E-state index contributed by atoms with van der Waals surface area (Å²) in [6.07, 6.45) is 0.823. The number of benzene rings is 1. The van der Waals surface area contributed by atoms with Crippen molar-refractivity contribution in [2.24, 2.45) is 5.92 Å². The molecule has 2 rings (SSSR count). The van der Waals surface area contributed by atoms with Gasteiger partial charge in [-0.2, -0.15) is 0 Å². The van der Waals surface area contributed by atoms with Crippen molar-refractivity contribution in [1.29, 1.82) is 0 Å². The number of hydrogen-bond acceptors (Lipinski definition) is 6. The van der Waals surface area contributed by atoms with Crippen LogP contribution < -0.4 is 15.4 Å². The van der Waals surface area contributed by atoms with Gasteiger partial charge in [0.25, 0.3) is 5.91 Å². The number of hydrogen-bond donors (Lipinski definition) is 2. The molecule has 2 amide bonds. The number of esters is 1. The Morgan fingerprint density at radius 3 is 2.55 bits per heavy atom. The van der Waals surface area contributed by atoms with Crippen LogP contribution in [0.1, 0.15) is 50.9 Å². The van der Waals surface area contributed by atoms with Crippen LogP contribution in [-0.4, -0.2) is 59.6 Å². The molecular weight excluding hydrogens is 418 g/mol. The number of ether oxygens (including phenoxy) is 2. The smallest absolute Gasteiger partial charge is 0.308 e. The first-order valence-corrected chi connectivity index (χ1v) is 10.9. The summed E-state index contributed by atoms with van der Waals surface area (Å²) in [6, 6.07) is 5.93. The maximum absolute atomic E-state index is 12.6. The monoisotopic (exact) mass is 449 g/mol. The highest BCUT2D eigenvalue weighted by Crippen LogP contribution is 2.16. The van der Waals surface area contributed by atoms with Crippen LogP contribution in [0.5, 0.6) is 5.75 Å². The number of amides is 2. The third-order valence-electron chi connectivity index (χ3n) is 4.78. The lowest BCUT2D eigenvalue weighted by molar-refractivity contribution is -0.148. The van der Waals surface area contributed by atoms with Crippen molar-refractivity contribution in [2.45, 2.75) is 52.7 Å². The first-order valence-electron chi connectivity index (χ1n) is 10.5. The van der Waals surface area contributed by atoms with Gasteiger partial charge in [-0.05, 0) is 55.7 Å². The summed E-state index contributed by atoms with van der Waals surface area (Å²) in [4.78, 5) is 38.6. The molecular formula is C22H31N3O5S. The predicted octanol–water partition coefficient (Wildman–Crippen LogP) is 2.27. The molecule has 0 bridgehead atoms. The number of nitrogens with one attached hydrogen (secondary N) is 2. The summed E-state index contributed by atoms with van der Waals surface area (Å²) in [5.41, 5.74) is 0.410. The van der Waals surface area contributed by atoms with E-state index in [1.54, 1.807) is 29.2 Å². The second kappa shape index (κ2) is 11.6. The molecule has 2 unspecified atom stereocenters. The van der Waals surface area contributed by atoms with Crippen molar-refractivity contribution in [1.82, 2.24) is 15.5 Å². The van der Waals surface area contributed by atoms with Gasteiger partial charge in [-0.3, -0.25) is 19.7 Å². The van der Waals surface area contributed by atoms with Gasteiger partial charge in [0.05, 0.1) is 19.1 Å². The summed E-state index contributed by atoms with van der Waals surface area (Å²) < 4.78 is 10.9. The van der Waals surface area contributed by atoms with E-state index in [0.29, 0.717) is 24.4 Å². The number of rotatable bonds is 8. The van der Waals surface area contributed by atoms with Crippen molar-refractivity contribution in [2.75, 3.05) is 19.7 Å². The van der Waals surface area contributed by atoms with Crippen LogP contribution in [0.4, 0.5) is 0 Å². The molecule has 1 aliphatic heterocycles. The van der Waals surface area contributed by atoms with Crippen molar-refractivity contribution < 1.29 is 23.9 Å². The van der Waals surface area contributed by atoms with E-state index in [4.69, 9.17) is 21.7 Å². The van der Waals surface area contributed by atoms with Gasteiger partial charge in [0, 0.05) is 18.7 Å². The summed E-state index contributed by atoms with van der Waals surface area (Å²) in [5.74, 6) is -0.321. The molecule has 1 aromatic rings. The van der Waals surface area contributed by atoms with Crippen molar-refractivity contribution in [3.63, 3.8) is 0 Å². The van der Waals surface area contributed by atoms with E-state index in [2.05, 4.69) is 10.6 Å². The number of thiocarbonyl (C=S) groups is 1. The average Bonchev–Trinajstić information content (AvgIpc) is 2.73. The normalized spacial score (nSPS) is 17.0. The van der Waals surface area contributed by atoms with Crippen LogP contribution in [0.3, 0.4) is 0 Å². The zero-order chi connectivity index (χ0) is 23.0. The second-order valence-corrected chi connectivity index (χ2v) is 8.29. The van der Waals surface area contributed by atoms with Gasteiger partial charge in [0.15, 0.2) is 5.11 Å². The Morgan fingerprint density at radius 2 is 1.94 bits per heavy atom. The molecule has 1 aliphatic rings. The fraction of sp³-hybridized carbons (Fsp3) is 0.545. The lowest BCUT2D eigenvalue weighted by Gasteiger charge is -2.36. The molecule has 31 heavy (non-hydrogen) atoms. The largest absolute Gasteiger partial charge is 0.491 e. The molecule has 0 aromatic heterocycles. The van der Waals surface area contributed by atoms with Gasteiger partial charge in [0.1, 0.15) is 11.8 Å². The maximum Gasteiger partial charge on any atom is 0.308 e. The van der Waals surface area contributed by atoms with Gasteiger partial charge in [-0.15, -0.1) is 0 Å². The zero-order valence-electron chi connectivity index (χ0n) is 18.5. The van der Waals surface area contributed by atoms with Crippen molar-refractivity contribution in [3.8, 4) is 5.75 Å². The Balaban J connectivity index is 2.00. The Kier molecular flexibility index (Phi) is 9.23. The van der Waals surface area contributed by atoms with Crippen LogP contribution in [0.2, 0.25) is 0 Å². The fourth-order valence-electron chi connectivity index (χ4n) is 2.88. The Hall–Kier alpha value is -2.68. The Morgan fingerprint density at radius 1 is 1.26 bits per heavy atom. The predicted molar refractivity (Wildman–Crippen MR) is 121 cm³/mol. The SMILES string of the molecule is CCC(C)Oc1ccc(C(=O)NC(=S)N2CCNC(=O)C2CC(=O)OCC(C)C)cc1.